The van der Waals surface area contributed by atoms with E-state index < -0.39 is 84.6 Å². The molecule has 0 aromatic rings. The highest BCUT2D eigenvalue weighted by atomic mass is 16.7. The van der Waals surface area contributed by atoms with Crippen molar-refractivity contribution in [1.82, 2.24) is 0 Å². The Hall–Kier alpha value is -1.22. The second-order valence-electron chi connectivity index (χ2n) is 7.13. The molecule has 0 spiro atoms. The number of rotatable bonds is 5. The first-order valence-electron chi connectivity index (χ1n) is 8.18. The molecule has 0 aromatic heterocycles. The highest BCUT2D eigenvalue weighted by Crippen LogP contribution is 2.44. The third-order valence-electron chi connectivity index (χ3n) is 5.29. The predicted octanol–water partition coefficient (Wildman–Crippen LogP) is -8.91. The third kappa shape index (κ3) is 2.87. The van der Waals surface area contributed by atoms with Crippen LogP contribution in [0, 0.1) is 0 Å². The highest BCUT2D eigenvalue weighted by Gasteiger charge is 2.79. The van der Waals surface area contributed by atoms with E-state index in [9.17, 15) is 60.7 Å². The number of hydrogen-bond acceptors (Lipinski definition) is 16. The zero-order chi connectivity index (χ0) is 23.6. The molecule has 0 saturated carbocycles. The molecular weight excluding hydrogens is 424 g/mol. The molecule has 2 aliphatic heterocycles. The van der Waals surface area contributed by atoms with E-state index in [0.29, 0.717) is 0 Å². The SMILES string of the molecule is O=C(C(=O)[C@]1(O)C(O)(O)CO[C@H](CO)C1(O)O)[C@]1(O)C(O)(O)CO[C@H](CO)C1(O)O. The van der Waals surface area contributed by atoms with E-state index in [0.717, 1.165) is 0 Å². The Morgan fingerprint density at radius 3 is 1.13 bits per heavy atom. The second-order valence-corrected chi connectivity index (χ2v) is 7.13. The van der Waals surface area contributed by atoms with Crippen molar-refractivity contribution in [2.75, 3.05) is 26.4 Å². The number of Topliss-reactive ketones (excluding diaryl/α,β-unsaturated/α-hetero) is 2. The smallest absolute Gasteiger partial charge is 0.244 e. The van der Waals surface area contributed by atoms with Crippen LogP contribution in [0.25, 0.3) is 0 Å². The van der Waals surface area contributed by atoms with Crippen molar-refractivity contribution in [3.8, 4) is 0 Å². The molecule has 2 aliphatic rings. The molecule has 16 heteroatoms. The predicted molar refractivity (Wildman–Crippen MR) is 82.2 cm³/mol. The van der Waals surface area contributed by atoms with Gasteiger partial charge in [-0.3, -0.25) is 9.59 Å². The van der Waals surface area contributed by atoms with Crippen molar-refractivity contribution in [3.63, 3.8) is 0 Å². The number of ketones is 2. The first-order chi connectivity index (χ1) is 13.4. The van der Waals surface area contributed by atoms with E-state index in [2.05, 4.69) is 9.47 Å². The summed E-state index contributed by atoms with van der Waals surface area (Å²) in [7, 11) is 0. The van der Waals surface area contributed by atoms with Crippen LogP contribution in [-0.4, -0.2) is 146 Å². The molecule has 174 valence electrons. The van der Waals surface area contributed by atoms with Gasteiger partial charge in [0.2, 0.25) is 45.9 Å². The molecule has 30 heavy (non-hydrogen) atoms. The molecule has 2 rings (SSSR count). The van der Waals surface area contributed by atoms with Crippen molar-refractivity contribution in [1.29, 1.82) is 0 Å². The third-order valence-corrected chi connectivity index (χ3v) is 5.29. The minimum atomic E-state index is -4.43. The van der Waals surface area contributed by atoms with Crippen LogP contribution in [0.4, 0.5) is 0 Å². The Kier molecular flexibility index (Phi) is 5.97. The Morgan fingerprint density at radius 2 is 0.900 bits per heavy atom. The van der Waals surface area contributed by atoms with E-state index in [1.807, 2.05) is 0 Å². The summed E-state index contributed by atoms with van der Waals surface area (Å²) in [6, 6.07) is 0. The Balaban J connectivity index is 2.66. The summed E-state index contributed by atoms with van der Waals surface area (Å²) in [5.41, 5.74) is -8.87. The molecule has 0 bridgehead atoms. The molecule has 16 nitrogen and oxygen atoms in total. The Labute approximate surface area is 166 Å². The van der Waals surface area contributed by atoms with Gasteiger partial charge in [-0.2, -0.15) is 0 Å². The molecule has 0 radical (unpaired) electrons. The van der Waals surface area contributed by atoms with Crippen LogP contribution in [0.1, 0.15) is 0 Å². The van der Waals surface area contributed by atoms with Crippen molar-refractivity contribution in [3.05, 3.63) is 0 Å². The molecule has 4 atom stereocenters. The number of aliphatic hydroxyl groups excluding tert-OH is 2. The molecule has 12 N–H and O–H groups in total. The summed E-state index contributed by atoms with van der Waals surface area (Å²) in [5.74, 6) is -21.8. The maximum absolute atomic E-state index is 12.7. The first kappa shape index (κ1) is 25.0. The summed E-state index contributed by atoms with van der Waals surface area (Å²) >= 11 is 0. The molecule has 0 amide bonds. The average Bonchev–Trinajstić information content (AvgIpc) is 2.63. The minimum Gasteiger partial charge on any atom is -0.393 e. The maximum atomic E-state index is 12.7. The lowest BCUT2D eigenvalue weighted by molar-refractivity contribution is -0.435. The summed E-state index contributed by atoms with van der Waals surface area (Å²) in [4.78, 5) is 25.4. The van der Waals surface area contributed by atoms with Crippen molar-refractivity contribution < 1.29 is 80.3 Å². The molecule has 0 unspecified atom stereocenters. The van der Waals surface area contributed by atoms with E-state index >= 15 is 0 Å². The normalized spacial score (nSPS) is 39.3. The van der Waals surface area contributed by atoms with Gasteiger partial charge in [0.1, 0.15) is 25.4 Å². The zero-order valence-electron chi connectivity index (χ0n) is 15.0. The van der Waals surface area contributed by atoms with Crippen molar-refractivity contribution in [2.45, 2.75) is 46.6 Å². The van der Waals surface area contributed by atoms with E-state index in [4.69, 9.17) is 10.2 Å². The lowest BCUT2D eigenvalue weighted by Gasteiger charge is -2.54. The summed E-state index contributed by atoms with van der Waals surface area (Å²) in [6.07, 6.45) is -4.66. The summed E-state index contributed by atoms with van der Waals surface area (Å²) < 4.78 is 8.97. The fraction of sp³-hybridized carbons (Fsp3) is 0.857. The summed E-state index contributed by atoms with van der Waals surface area (Å²) in [6.45, 7) is -5.73. The molecule has 0 aromatic carbocycles. The fourth-order valence-corrected chi connectivity index (χ4v) is 3.32. The van der Waals surface area contributed by atoms with Gasteiger partial charge in [-0.05, 0) is 0 Å². The average molecular weight is 446 g/mol. The van der Waals surface area contributed by atoms with Gasteiger partial charge in [0, 0.05) is 0 Å². The zero-order valence-corrected chi connectivity index (χ0v) is 15.0. The van der Waals surface area contributed by atoms with Crippen LogP contribution >= 0.6 is 0 Å². The van der Waals surface area contributed by atoms with Gasteiger partial charge < -0.3 is 70.8 Å². The molecule has 2 heterocycles. The number of carbonyl (C=O) groups is 2. The molecule has 0 aliphatic carbocycles. The fourth-order valence-electron chi connectivity index (χ4n) is 3.32. The summed E-state index contributed by atoms with van der Waals surface area (Å²) in [5, 5.41) is 119. The lowest BCUT2D eigenvalue weighted by Crippen LogP contribution is -2.86. The van der Waals surface area contributed by atoms with Crippen LogP contribution in [0.3, 0.4) is 0 Å². The van der Waals surface area contributed by atoms with Crippen LogP contribution in [0.15, 0.2) is 0 Å². The van der Waals surface area contributed by atoms with Gasteiger partial charge in [0.15, 0.2) is 0 Å². The van der Waals surface area contributed by atoms with Crippen molar-refractivity contribution in [2.24, 2.45) is 0 Å². The number of carbonyl (C=O) groups excluding carboxylic acids is 2. The van der Waals surface area contributed by atoms with Gasteiger partial charge in [-0.25, -0.2) is 0 Å². The van der Waals surface area contributed by atoms with E-state index in [1.165, 1.54) is 0 Å². The molecule has 2 saturated heterocycles. The van der Waals surface area contributed by atoms with Crippen molar-refractivity contribution >= 4 is 11.6 Å². The van der Waals surface area contributed by atoms with Gasteiger partial charge in [0.25, 0.3) is 0 Å². The van der Waals surface area contributed by atoms with Crippen LogP contribution in [-0.2, 0) is 19.1 Å². The topological polar surface area (TPSA) is 295 Å². The van der Waals surface area contributed by atoms with E-state index in [1.54, 1.807) is 0 Å². The van der Waals surface area contributed by atoms with Crippen LogP contribution < -0.4 is 0 Å². The number of hydrogen-bond donors (Lipinski definition) is 12. The van der Waals surface area contributed by atoms with E-state index in [-0.39, 0.29) is 0 Å². The van der Waals surface area contributed by atoms with Gasteiger partial charge >= 0.3 is 0 Å². The van der Waals surface area contributed by atoms with Gasteiger partial charge in [-0.1, -0.05) is 0 Å². The molecule has 2 fully saturated rings. The number of ether oxygens (including phenoxy) is 2. The second kappa shape index (κ2) is 7.15. The monoisotopic (exact) mass is 446 g/mol. The first-order valence-corrected chi connectivity index (χ1v) is 8.18. The quantitative estimate of drug-likeness (QED) is 0.138. The minimum absolute atomic E-state index is 1.36. The van der Waals surface area contributed by atoms with Crippen LogP contribution in [0.5, 0.6) is 0 Å². The standard InChI is InChI=1S/C14H22O16/c15-1-5-13(25,26)11(23,9(19,20)3-29-5)7(17)8(18)12(24)10(21,22)4-30-6(2-16)14(12,27)28/h5-6,15-16,19-28H,1-4H2/t5-,6-,11+,12+/m1/s1. The van der Waals surface area contributed by atoms with Gasteiger partial charge in [0.05, 0.1) is 13.2 Å². The largest absolute Gasteiger partial charge is 0.393 e. The lowest BCUT2D eigenvalue weighted by atomic mass is 9.68. The van der Waals surface area contributed by atoms with Crippen LogP contribution in [0.2, 0.25) is 0 Å². The molecular formula is C14H22O16. The maximum Gasteiger partial charge on any atom is 0.244 e. The highest BCUT2D eigenvalue weighted by molar-refractivity contribution is 6.44. The Morgan fingerprint density at radius 1 is 0.633 bits per heavy atom. The Bertz CT molecular complexity index is 655. The number of aliphatic hydroxyl groups is 12. The van der Waals surface area contributed by atoms with Gasteiger partial charge in [-0.15, -0.1) is 0 Å².